The standard InChI is InChI=1S/C12H20N4O/c1-3-4-6-9(2)14-12(17)10-7-5-8-11(15-10)16-13/h5,7-9H,3-4,6,13H2,1-2H3,(H,14,17)(H,15,16). The number of nitrogen functional groups attached to an aromatic ring is 1. The molecule has 0 aliphatic rings. The van der Waals surface area contributed by atoms with Gasteiger partial charge in [-0.25, -0.2) is 10.8 Å². The van der Waals surface area contributed by atoms with Gasteiger partial charge in [-0.15, -0.1) is 0 Å². The van der Waals surface area contributed by atoms with E-state index in [0.29, 0.717) is 11.5 Å². The monoisotopic (exact) mass is 236 g/mol. The van der Waals surface area contributed by atoms with Gasteiger partial charge in [0.25, 0.3) is 5.91 Å². The summed E-state index contributed by atoms with van der Waals surface area (Å²) in [6.45, 7) is 4.13. The molecular formula is C12H20N4O. The largest absolute Gasteiger partial charge is 0.348 e. The molecule has 0 aliphatic heterocycles. The molecule has 17 heavy (non-hydrogen) atoms. The van der Waals surface area contributed by atoms with Gasteiger partial charge in [0.2, 0.25) is 0 Å². The quantitative estimate of drug-likeness (QED) is 0.518. The molecule has 1 atom stereocenters. The van der Waals surface area contributed by atoms with Gasteiger partial charge in [-0.1, -0.05) is 25.8 Å². The maximum atomic E-state index is 11.8. The van der Waals surface area contributed by atoms with E-state index < -0.39 is 0 Å². The zero-order valence-corrected chi connectivity index (χ0v) is 10.4. The fraction of sp³-hybridized carbons (Fsp3) is 0.500. The smallest absolute Gasteiger partial charge is 0.270 e. The molecule has 1 aromatic rings. The molecule has 0 aromatic carbocycles. The van der Waals surface area contributed by atoms with E-state index in [4.69, 9.17) is 5.84 Å². The molecule has 1 amide bonds. The first-order chi connectivity index (χ1) is 8.17. The Morgan fingerprint density at radius 3 is 2.94 bits per heavy atom. The number of unbranched alkanes of at least 4 members (excludes halogenated alkanes) is 1. The number of nitrogens with two attached hydrogens (primary N) is 1. The number of carbonyl (C=O) groups is 1. The normalized spacial score (nSPS) is 11.9. The van der Waals surface area contributed by atoms with Crippen LogP contribution in [-0.4, -0.2) is 16.9 Å². The Labute approximate surface area is 102 Å². The molecule has 1 heterocycles. The minimum atomic E-state index is -0.161. The number of nitrogens with zero attached hydrogens (tertiary/aromatic N) is 1. The second-order valence-corrected chi connectivity index (χ2v) is 4.07. The highest BCUT2D eigenvalue weighted by Crippen LogP contribution is 2.05. The van der Waals surface area contributed by atoms with Gasteiger partial charge in [0.05, 0.1) is 0 Å². The number of amides is 1. The molecule has 0 spiro atoms. The van der Waals surface area contributed by atoms with Crippen molar-refractivity contribution in [3.05, 3.63) is 23.9 Å². The maximum Gasteiger partial charge on any atom is 0.270 e. The lowest BCUT2D eigenvalue weighted by Gasteiger charge is -2.13. The molecule has 1 aromatic heterocycles. The summed E-state index contributed by atoms with van der Waals surface area (Å²) in [5, 5.41) is 2.91. The Morgan fingerprint density at radius 2 is 2.29 bits per heavy atom. The molecule has 94 valence electrons. The topological polar surface area (TPSA) is 80.0 Å². The lowest BCUT2D eigenvalue weighted by atomic mass is 10.1. The number of aromatic nitrogens is 1. The Bertz CT molecular complexity index is 367. The number of carbonyl (C=O) groups excluding carboxylic acids is 1. The van der Waals surface area contributed by atoms with Crippen molar-refractivity contribution in [3.63, 3.8) is 0 Å². The van der Waals surface area contributed by atoms with Crippen LogP contribution < -0.4 is 16.6 Å². The molecular weight excluding hydrogens is 216 g/mol. The number of rotatable bonds is 6. The Balaban J connectivity index is 2.56. The van der Waals surface area contributed by atoms with Crippen molar-refractivity contribution in [1.82, 2.24) is 10.3 Å². The van der Waals surface area contributed by atoms with Gasteiger partial charge < -0.3 is 10.7 Å². The van der Waals surface area contributed by atoms with Crippen molar-refractivity contribution < 1.29 is 4.79 Å². The Kier molecular flexibility index (Phi) is 5.42. The first kappa shape index (κ1) is 13.4. The van der Waals surface area contributed by atoms with E-state index in [-0.39, 0.29) is 11.9 Å². The van der Waals surface area contributed by atoms with Gasteiger partial charge >= 0.3 is 0 Å². The highest BCUT2D eigenvalue weighted by molar-refractivity contribution is 5.92. The van der Waals surface area contributed by atoms with Gasteiger partial charge in [-0.3, -0.25) is 4.79 Å². The van der Waals surface area contributed by atoms with Gasteiger partial charge in [-0.05, 0) is 25.5 Å². The molecule has 5 heteroatoms. The van der Waals surface area contributed by atoms with E-state index in [1.54, 1.807) is 18.2 Å². The average Bonchev–Trinajstić information content (AvgIpc) is 2.36. The fourth-order valence-corrected chi connectivity index (χ4v) is 1.52. The van der Waals surface area contributed by atoms with Crippen molar-refractivity contribution in [2.75, 3.05) is 5.43 Å². The maximum absolute atomic E-state index is 11.8. The summed E-state index contributed by atoms with van der Waals surface area (Å²) < 4.78 is 0. The molecule has 0 fully saturated rings. The Morgan fingerprint density at radius 1 is 1.53 bits per heavy atom. The minimum Gasteiger partial charge on any atom is -0.348 e. The van der Waals surface area contributed by atoms with Crippen molar-refractivity contribution in [2.24, 2.45) is 5.84 Å². The number of pyridine rings is 1. The van der Waals surface area contributed by atoms with Crippen LogP contribution in [0.1, 0.15) is 43.6 Å². The second-order valence-electron chi connectivity index (χ2n) is 4.07. The number of hydrogen-bond donors (Lipinski definition) is 3. The van der Waals surface area contributed by atoms with Crippen molar-refractivity contribution in [3.8, 4) is 0 Å². The molecule has 1 rings (SSSR count). The van der Waals surface area contributed by atoms with Crippen molar-refractivity contribution in [2.45, 2.75) is 39.2 Å². The summed E-state index contributed by atoms with van der Waals surface area (Å²) in [5.41, 5.74) is 2.80. The van der Waals surface area contributed by atoms with Crippen LogP contribution in [0.25, 0.3) is 0 Å². The first-order valence-corrected chi connectivity index (χ1v) is 5.92. The summed E-state index contributed by atoms with van der Waals surface area (Å²) in [7, 11) is 0. The van der Waals surface area contributed by atoms with E-state index in [1.807, 2.05) is 6.92 Å². The number of hydrogen-bond acceptors (Lipinski definition) is 4. The minimum absolute atomic E-state index is 0.161. The van der Waals surface area contributed by atoms with Gasteiger partial charge in [-0.2, -0.15) is 0 Å². The van der Waals surface area contributed by atoms with Gasteiger partial charge in [0.15, 0.2) is 0 Å². The van der Waals surface area contributed by atoms with Crippen LogP contribution in [0.4, 0.5) is 5.82 Å². The summed E-state index contributed by atoms with van der Waals surface area (Å²) >= 11 is 0. The molecule has 0 saturated heterocycles. The third kappa shape index (κ3) is 4.40. The van der Waals surface area contributed by atoms with Crippen LogP contribution in [0, 0.1) is 0 Å². The van der Waals surface area contributed by atoms with E-state index in [1.165, 1.54) is 0 Å². The molecule has 5 nitrogen and oxygen atoms in total. The van der Waals surface area contributed by atoms with E-state index in [0.717, 1.165) is 19.3 Å². The van der Waals surface area contributed by atoms with Gasteiger partial charge in [0.1, 0.15) is 11.5 Å². The first-order valence-electron chi connectivity index (χ1n) is 5.92. The van der Waals surface area contributed by atoms with Crippen LogP contribution in [-0.2, 0) is 0 Å². The van der Waals surface area contributed by atoms with E-state index >= 15 is 0 Å². The van der Waals surface area contributed by atoms with Crippen LogP contribution in [0.5, 0.6) is 0 Å². The number of anilines is 1. The predicted molar refractivity (Wildman–Crippen MR) is 68.5 cm³/mol. The van der Waals surface area contributed by atoms with E-state index in [9.17, 15) is 4.79 Å². The summed E-state index contributed by atoms with van der Waals surface area (Å²) in [4.78, 5) is 15.9. The average molecular weight is 236 g/mol. The molecule has 1 unspecified atom stereocenters. The fourth-order valence-electron chi connectivity index (χ4n) is 1.52. The van der Waals surface area contributed by atoms with Crippen LogP contribution >= 0.6 is 0 Å². The van der Waals surface area contributed by atoms with Crippen molar-refractivity contribution in [1.29, 1.82) is 0 Å². The summed E-state index contributed by atoms with van der Waals surface area (Å²) in [6.07, 6.45) is 3.22. The van der Waals surface area contributed by atoms with Gasteiger partial charge in [0, 0.05) is 6.04 Å². The lowest BCUT2D eigenvalue weighted by Crippen LogP contribution is -2.33. The molecule has 0 saturated carbocycles. The number of nitrogens with one attached hydrogen (secondary N) is 2. The Hall–Kier alpha value is -1.62. The van der Waals surface area contributed by atoms with Crippen LogP contribution in [0.3, 0.4) is 0 Å². The van der Waals surface area contributed by atoms with Crippen LogP contribution in [0.2, 0.25) is 0 Å². The highest BCUT2D eigenvalue weighted by atomic mass is 16.1. The van der Waals surface area contributed by atoms with Crippen molar-refractivity contribution >= 4 is 11.7 Å². The zero-order chi connectivity index (χ0) is 12.7. The SMILES string of the molecule is CCCCC(C)NC(=O)c1cccc(NN)n1. The van der Waals surface area contributed by atoms with E-state index in [2.05, 4.69) is 22.7 Å². The lowest BCUT2D eigenvalue weighted by molar-refractivity contribution is 0.0933. The third-order valence-electron chi connectivity index (χ3n) is 2.50. The molecule has 0 bridgehead atoms. The highest BCUT2D eigenvalue weighted by Gasteiger charge is 2.10. The summed E-state index contributed by atoms with van der Waals surface area (Å²) in [6, 6.07) is 5.28. The summed E-state index contributed by atoms with van der Waals surface area (Å²) in [5.74, 6) is 5.57. The molecule has 0 aliphatic carbocycles. The second kappa shape index (κ2) is 6.85. The molecule has 0 radical (unpaired) electrons. The molecule has 4 N–H and O–H groups in total. The third-order valence-corrected chi connectivity index (χ3v) is 2.50. The number of hydrazine groups is 1. The predicted octanol–water partition coefficient (Wildman–Crippen LogP) is 1.68. The van der Waals surface area contributed by atoms with Crippen LogP contribution in [0.15, 0.2) is 18.2 Å². The zero-order valence-electron chi connectivity index (χ0n) is 10.4.